The summed E-state index contributed by atoms with van der Waals surface area (Å²) in [6, 6.07) is 3.78. The molecule has 6 heteroatoms. The van der Waals surface area contributed by atoms with Gasteiger partial charge < -0.3 is 5.41 Å². The number of Topliss-reactive ketones (excluding diaryl/α,β-unsaturated/α-hetero) is 1. The molecule has 0 unspecified atom stereocenters. The minimum Gasteiger partial charge on any atom is -0.305 e. The summed E-state index contributed by atoms with van der Waals surface area (Å²) in [7, 11) is 2.36. The van der Waals surface area contributed by atoms with Gasteiger partial charge in [-0.3, -0.25) is 15.3 Å². The molecule has 3 N–H and O–H groups in total. The topological polar surface area (TPSA) is 99.8 Å². The van der Waals surface area contributed by atoms with Crippen LogP contribution in [0.15, 0.2) is 12.1 Å². The Hall–Kier alpha value is -1.60. The van der Waals surface area contributed by atoms with E-state index in [4.69, 9.17) is 15.9 Å². The SMILES string of the molecule is CC.CC(=N)c1cc(C)c(C(C)=O)cc1C.COO.COO. The molecule has 0 aliphatic heterocycles. The summed E-state index contributed by atoms with van der Waals surface area (Å²) in [5.41, 5.74) is 4.17. The van der Waals surface area contributed by atoms with Crippen molar-refractivity contribution in [1.82, 2.24) is 0 Å². The van der Waals surface area contributed by atoms with Gasteiger partial charge in [0.15, 0.2) is 5.78 Å². The standard InChI is InChI=1S/C12H15NO.C2H6.2CH4O2/c1-7-6-12(10(4)14)8(2)5-11(7)9(3)13;1-2;2*1-3-2/h5-6,13H,1-4H3;1-2H3;2*2H,1H3. The zero-order valence-electron chi connectivity index (χ0n) is 14.8. The monoisotopic (exact) mass is 315 g/mol. The van der Waals surface area contributed by atoms with Crippen molar-refractivity contribution >= 4 is 11.5 Å². The van der Waals surface area contributed by atoms with Gasteiger partial charge in [-0.05, 0) is 56.5 Å². The van der Waals surface area contributed by atoms with Crippen molar-refractivity contribution < 1.29 is 25.1 Å². The largest absolute Gasteiger partial charge is 0.305 e. The molecule has 128 valence electrons. The van der Waals surface area contributed by atoms with E-state index in [9.17, 15) is 4.79 Å². The lowest BCUT2D eigenvalue weighted by molar-refractivity contribution is -0.215. The highest BCUT2D eigenvalue weighted by molar-refractivity contribution is 6.01. The maximum Gasteiger partial charge on any atom is 0.160 e. The molecule has 0 aliphatic rings. The smallest absolute Gasteiger partial charge is 0.160 e. The van der Waals surface area contributed by atoms with Gasteiger partial charge in [-0.1, -0.05) is 13.8 Å². The van der Waals surface area contributed by atoms with Gasteiger partial charge in [-0.15, -0.1) is 0 Å². The van der Waals surface area contributed by atoms with E-state index in [1.807, 2.05) is 39.8 Å². The van der Waals surface area contributed by atoms with E-state index in [1.54, 1.807) is 13.8 Å². The predicted octanol–water partition coefficient (Wildman–Crippen LogP) is 4.13. The van der Waals surface area contributed by atoms with Crippen LogP contribution < -0.4 is 0 Å². The second kappa shape index (κ2) is 15.8. The third-order valence-electron chi connectivity index (χ3n) is 2.35. The Morgan fingerprint density at radius 2 is 1.23 bits per heavy atom. The van der Waals surface area contributed by atoms with Crippen LogP contribution in [0.2, 0.25) is 0 Å². The van der Waals surface area contributed by atoms with Crippen molar-refractivity contribution in [3.8, 4) is 0 Å². The normalized spacial score (nSPS) is 8.27. The number of ketones is 1. The molecule has 0 saturated heterocycles. The van der Waals surface area contributed by atoms with E-state index in [2.05, 4.69) is 9.78 Å². The number of benzene rings is 1. The van der Waals surface area contributed by atoms with Gasteiger partial charge in [0.2, 0.25) is 0 Å². The molecule has 22 heavy (non-hydrogen) atoms. The van der Waals surface area contributed by atoms with Crippen LogP contribution in [0, 0.1) is 19.3 Å². The van der Waals surface area contributed by atoms with Crippen molar-refractivity contribution in [2.24, 2.45) is 0 Å². The summed E-state index contributed by atoms with van der Waals surface area (Å²) in [4.78, 5) is 17.7. The lowest BCUT2D eigenvalue weighted by Gasteiger charge is -2.09. The number of carbonyl (C=O) groups is 1. The quantitative estimate of drug-likeness (QED) is 0.330. The van der Waals surface area contributed by atoms with Crippen molar-refractivity contribution in [1.29, 1.82) is 5.41 Å². The number of aryl methyl sites for hydroxylation is 2. The van der Waals surface area contributed by atoms with Gasteiger partial charge in [-0.2, -0.15) is 0 Å². The third-order valence-corrected chi connectivity index (χ3v) is 2.35. The maximum absolute atomic E-state index is 11.2. The highest BCUT2D eigenvalue weighted by atomic mass is 17.1. The summed E-state index contributed by atoms with van der Waals surface area (Å²) in [5, 5.41) is 21.7. The molecule has 0 saturated carbocycles. The van der Waals surface area contributed by atoms with Crippen LogP contribution in [-0.4, -0.2) is 36.2 Å². The number of carbonyl (C=O) groups excluding carboxylic acids is 1. The summed E-state index contributed by atoms with van der Waals surface area (Å²) in [6.45, 7) is 11.2. The molecular weight excluding hydrogens is 286 g/mol. The van der Waals surface area contributed by atoms with Crippen molar-refractivity contribution in [2.75, 3.05) is 14.2 Å². The lowest BCUT2D eigenvalue weighted by Crippen LogP contribution is -2.03. The van der Waals surface area contributed by atoms with Crippen molar-refractivity contribution in [3.05, 3.63) is 34.4 Å². The molecule has 0 aromatic heterocycles. The molecule has 1 rings (SSSR count). The van der Waals surface area contributed by atoms with E-state index in [1.165, 1.54) is 14.2 Å². The summed E-state index contributed by atoms with van der Waals surface area (Å²) in [6.07, 6.45) is 0. The first-order valence-corrected chi connectivity index (χ1v) is 6.79. The van der Waals surface area contributed by atoms with Crippen LogP contribution in [0.5, 0.6) is 0 Å². The molecule has 0 spiro atoms. The average molecular weight is 315 g/mol. The second-order valence-corrected chi connectivity index (χ2v) is 4.03. The van der Waals surface area contributed by atoms with Crippen molar-refractivity contribution in [2.45, 2.75) is 41.5 Å². The van der Waals surface area contributed by atoms with Crippen molar-refractivity contribution in [3.63, 3.8) is 0 Å². The number of hydrogen-bond acceptors (Lipinski definition) is 6. The Labute approximate surface area is 133 Å². The van der Waals surface area contributed by atoms with Crippen LogP contribution in [0.25, 0.3) is 0 Å². The lowest BCUT2D eigenvalue weighted by atomic mass is 9.96. The molecule has 6 nitrogen and oxygen atoms in total. The van der Waals surface area contributed by atoms with E-state index in [0.717, 1.165) is 22.3 Å². The van der Waals surface area contributed by atoms with Crippen LogP contribution in [-0.2, 0) is 9.78 Å². The van der Waals surface area contributed by atoms with Gasteiger partial charge in [0.25, 0.3) is 0 Å². The fourth-order valence-electron chi connectivity index (χ4n) is 1.60. The number of hydrogen-bond donors (Lipinski definition) is 3. The molecule has 0 aliphatic carbocycles. The zero-order valence-corrected chi connectivity index (χ0v) is 14.8. The Balaban J connectivity index is -0.000000382. The average Bonchev–Trinajstić information content (AvgIpc) is 2.44. The Morgan fingerprint density at radius 1 is 0.955 bits per heavy atom. The first-order chi connectivity index (χ1) is 10.3. The molecule has 0 amide bonds. The molecule has 0 atom stereocenters. The first-order valence-electron chi connectivity index (χ1n) is 6.79. The van der Waals surface area contributed by atoms with Crippen LogP contribution in [0.4, 0.5) is 0 Å². The summed E-state index contributed by atoms with van der Waals surface area (Å²) in [5.74, 6) is 0.0831. The molecule has 1 aromatic carbocycles. The molecule has 0 bridgehead atoms. The molecule has 0 heterocycles. The summed E-state index contributed by atoms with van der Waals surface area (Å²) < 4.78 is 0. The molecule has 0 fully saturated rings. The van der Waals surface area contributed by atoms with Gasteiger partial charge in [0.1, 0.15) is 0 Å². The van der Waals surface area contributed by atoms with E-state index in [0.29, 0.717) is 5.71 Å². The van der Waals surface area contributed by atoms with Gasteiger partial charge in [-0.25, -0.2) is 9.78 Å². The fraction of sp³-hybridized carbons (Fsp3) is 0.500. The number of rotatable bonds is 2. The van der Waals surface area contributed by atoms with Crippen LogP contribution in [0.3, 0.4) is 0 Å². The zero-order chi connectivity index (χ0) is 18.3. The van der Waals surface area contributed by atoms with Gasteiger partial charge in [0.05, 0.1) is 14.2 Å². The molecule has 0 radical (unpaired) electrons. The predicted molar refractivity (Wildman–Crippen MR) is 89.0 cm³/mol. The van der Waals surface area contributed by atoms with Crippen LogP contribution in [0.1, 0.15) is 54.7 Å². The molecular formula is C16H29NO5. The highest BCUT2D eigenvalue weighted by Crippen LogP contribution is 2.17. The maximum atomic E-state index is 11.2. The van der Waals surface area contributed by atoms with Gasteiger partial charge >= 0.3 is 0 Å². The fourth-order valence-corrected chi connectivity index (χ4v) is 1.60. The van der Waals surface area contributed by atoms with E-state index < -0.39 is 0 Å². The first kappa shape index (κ1) is 25.4. The van der Waals surface area contributed by atoms with Gasteiger partial charge in [0, 0.05) is 11.3 Å². The minimum atomic E-state index is 0.0831. The van der Waals surface area contributed by atoms with E-state index >= 15 is 0 Å². The third kappa shape index (κ3) is 11.1. The van der Waals surface area contributed by atoms with Crippen LogP contribution >= 0.6 is 0 Å². The second-order valence-electron chi connectivity index (χ2n) is 4.03. The Morgan fingerprint density at radius 3 is 1.50 bits per heavy atom. The van der Waals surface area contributed by atoms with E-state index in [-0.39, 0.29) is 5.78 Å². The Bertz CT molecular complexity index is 403. The Kier molecular flexibility index (Phi) is 18.2. The highest BCUT2D eigenvalue weighted by Gasteiger charge is 2.08. The molecule has 1 aromatic rings. The minimum absolute atomic E-state index is 0.0831. The summed E-state index contributed by atoms with van der Waals surface area (Å²) >= 11 is 0. The number of nitrogens with one attached hydrogen (secondary N) is 1.